The van der Waals surface area contributed by atoms with E-state index in [2.05, 4.69) is 10.3 Å². The number of methoxy groups -OCH3 is 1. The second-order valence-electron chi connectivity index (χ2n) is 5.28. The Morgan fingerprint density at radius 3 is 2.70 bits per heavy atom. The first kappa shape index (κ1) is 15.5. The Hall–Kier alpha value is -2.41. The molecular weight excluding hydrogens is 314 g/mol. The minimum Gasteiger partial charge on any atom is -0.497 e. The Bertz CT molecular complexity index is 740. The molecule has 1 aromatic carbocycles. The normalized spacial score (nSPS) is 13.4. The van der Waals surface area contributed by atoms with E-state index in [1.54, 1.807) is 36.3 Å². The number of carbonyl (C=O) groups is 2. The molecule has 1 aliphatic rings. The highest BCUT2D eigenvalue weighted by atomic mass is 32.1. The summed E-state index contributed by atoms with van der Waals surface area (Å²) in [5.41, 5.74) is 1.61. The average Bonchev–Trinajstić information content (AvgIpc) is 2.94. The van der Waals surface area contributed by atoms with E-state index in [0.29, 0.717) is 30.2 Å². The number of aromatic nitrogens is 1. The number of amides is 2. The van der Waals surface area contributed by atoms with Crippen molar-refractivity contribution in [3.05, 3.63) is 40.4 Å². The van der Waals surface area contributed by atoms with Gasteiger partial charge in [0.15, 0.2) is 5.13 Å². The van der Waals surface area contributed by atoms with Crippen LogP contribution in [0.5, 0.6) is 5.75 Å². The zero-order valence-electron chi connectivity index (χ0n) is 13.0. The van der Waals surface area contributed by atoms with Gasteiger partial charge in [-0.15, -0.1) is 0 Å². The van der Waals surface area contributed by atoms with Crippen LogP contribution in [-0.2, 0) is 17.8 Å². The molecule has 2 heterocycles. The Morgan fingerprint density at radius 1 is 1.30 bits per heavy atom. The molecule has 2 amide bonds. The Labute approximate surface area is 138 Å². The van der Waals surface area contributed by atoms with Gasteiger partial charge in [0.05, 0.1) is 19.3 Å². The number of nitrogens with one attached hydrogen (secondary N) is 1. The predicted molar refractivity (Wildman–Crippen MR) is 87.9 cm³/mol. The van der Waals surface area contributed by atoms with Crippen LogP contribution in [0.4, 0.5) is 5.13 Å². The summed E-state index contributed by atoms with van der Waals surface area (Å²) in [6, 6.07) is 7.10. The van der Waals surface area contributed by atoms with Crippen LogP contribution in [0.2, 0.25) is 0 Å². The van der Waals surface area contributed by atoms with E-state index in [1.807, 2.05) is 0 Å². The summed E-state index contributed by atoms with van der Waals surface area (Å²) in [5, 5.41) is 3.30. The smallest absolute Gasteiger partial charge is 0.254 e. The maximum absolute atomic E-state index is 12.6. The van der Waals surface area contributed by atoms with Gasteiger partial charge in [0.25, 0.3) is 5.91 Å². The fourth-order valence-corrected chi connectivity index (χ4v) is 3.56. The first-order valence-corrected chi connectivity index (χ1v) is 8.08. The van der Waals surface area contributed by atoms with Gasteiger partial charge < -0.3 is 15.0 Å². The van der Waals surface area contributed by atoms with Crippen molar-refractivity contribution >= 4 is 28.3 Å². The van der Waals surface area contributed by atoms with Crippen LogP contribution in [0.25, 0.3) is 0 Å². The van der Waals surface area contributed by atoms with Crippen LogP contribution < -0.4 is 10.1 Å². The maximum atomic E-state index is 12.6. The van der Waals surface area contributed by atoms with E-state index in [-0.39, 0.29) is 11.8 Å². The van der Waals surface area contributed by atoms with Crippen molar-refractivity contribution in [2.75, 3.05) is 19.0 Å². The molecule has 0 radical (unpaired) electrons. The van der Waals surface area contributed by atoms with Crippen LogP contribution in [0.3, 0.4) is 0 Å². The fraction of sp³-hybridized carbons (Fsp3) is 0.312. The highest BCUT2D eigenvalue weighted by molar-refractivity contribution is 7.15. The van der Waals surface area contributed by atoms with Gasteiger partial charge in [-0.2, -0.15) is 0 Å². The molecule has 0 spiro atoms. The van der Waals surface area contributed by atoms with Gasteiger partial charge in [0.1, 0.15) is 5.75 Å². The number of rotatable bonds is 3. The van der Waals surface area contributed by atoms with Gasteiger partial charge in [-0.05, 0) is 24.3 Å². The third kappa shape index (κ3) is 3.34. The molecule has 23 heavy (non-hydrogen) atoms. The van der Waals surface area contributed by atoms with Crippen LogP contribution in [0, 0.1) is 0 Å². The number of nitrogens with zero attached hydrogens (tertiary/aromatic N) is 2. The molecule has 0 bridgehead atoms. The quantitative estimate of drug-likeness (QED) is 0.937. The van der Waals surface area contributed by atoms with Crippen molar-refractivity contribution < 1.29 is 14.3 Å². The zero-order valence-corrected chi connectivity index (χ0v) is 13.8. The topological polar surface area (TPSA) is 71.5 Å². The summed E-state index contributed by atoms with van der Waals surface area (Å²) in [5.74, 6) is 0.583. The highest BCUT2D eigenvalue weighted by Gasteiger charge is 2.25. The lowest BCUT2D eigenvalue weighted by atomic mass is 10.1. The number of ether oxygens (including phenoxy) is 1. The summed E-state index contributed by atoms with van der Waals surface area (Å²) in [4.78, 5) is 31.0. The third-order valence-corrected chi connectivity index (χ3v) is 4.64. The molecule has 120 valence electrons. The average molecular weight is 331 g/mol. The monoisotopic (exact) mass is 331 g/mol. The minimum atomic E-state index is -0.137. The molecule has 0 saturated heterocycles. The van der Waals surface area contributed by atoms with Gasteiger partial charge in [-0.1, -0.05) is 11.3 Å². The van der Waals surface area contributed by atoms with Gasteiger partial charge >= 0.3 is 0 Å². The fourth-order valence-electron chi connectivity index (χ4n) is 2.49. The van der Waals surface area contributed by atoms with E-state index >= 15 is 0 Å². The molecule has 1 N–H and O–H groups in total. The molecule has 0 fully saturated rings. The van der Waals surface area contributed by atoms with Crippen LogP contribution in [0.15, 0.2) is 24.3 Å². The lowest BCUT2D eigenvalue weighted by molar-refractivity contribution is -0.114. The number of benzene rings is 1. The number of thiazole rings is 1. The second-order valence-corrected chi connectivity index (χ2v) is 6.36. The molecule has 7 heteroatoms. The molecule has 6 nitrogen and oxygen atoms in total. The van der Waals surface area contributed by atoms with Crippen molar-refractivity contribution in [1.82, 2.24) is 9.88 Å². The highest BCUT2D eigenvalue weighted by Crippen LogP contribution is 2.29. The van der Waals surface area contributed by atoms with Crippen LogP contribution in [0.1, 0.15) is 27.9 Å². The Morgan fingerprint density at radius 2 is 2.04 bits per heavy atom. The van der Waals surface area contributed by atoms with Crippen molar-refractivity contribution in [1.29, 1.82) is 0 Å². The third-order valence-electron chi connectivity index (χ3n) is 3.64. The van der Waals surface area contributed by atoms with E-state index in [4.69, 9.17) is 4.74 Å². The van der Waals surface area contributed by atoms with Crippen molar-refractivity contribution in [2.24, 2.45) is 0 Å². The van der Waals surface area contributed by atoms with Crippen molar-refractivity contribution in [2.45, 2.75) is 19.9 Å². The maximum Gasteiger partial charge on any atom is 0.254 e. The second kappa shape index (κ2) is 6.37. The number of fused-ring (bicyclic) bond motifs is 1. The van der Waals surface area contributed by atoms with Gasteiger partial charge in [0.2, 0.25) is 5.91 Å². The lowest BCUT2D eigenvalue weighted by Gasteiger charge is -2.26. The van der Waals surface area contributed by atoms with Gasteiger partial charge in [0, 0.05) is 30.3 Å². The summed E-state index contributed by atoms with van der Waals surface area (Å²) in [7, 11) is 1.60. The number of hydrogen-bond donors (Lipinski definition) is 1. The molecular formula is C16H17N3O3S. The molecule has 0 saturated carbocycles. The molecule has 0 unspecified atom stereocenters. The first-order valence-electron chi connectivity index (χ1n) is 7.26. The SMILES string of the molecule is COc1ccc(C(=O)N2CCc3nc(NC(C)=O)sc3C2)cc1. The number of hydrogen-bond acceptors (Lipinski definition) is 5. The minimum absolute atomic E-state index is 0.00669. The van der Waals surface area contributed by atoms with Crippen LogP contribution in [-0.4, -0.2) is 35.4 Å². The summed E-state index contributed by atoms with van der Waals surface area (Å²) in [6.45, 7) is 2.61. The summed E-state index contributed by atoms with van der Waals surface area (Å²) >= 11 is 1.43. The summed E-state index contributed by atoms with van der Waals surface area (Å²) in [6.07, 6.45) is 0.702. The molecule has 1 aromatic heterocycles. The van der Waals surface area contributed by atoms with E-state index in [9.17, 15) is 9.59 Å². The number of anilines is 1. The van der Waals surface area contributed by atoms with E-state index in [0.717, 1.165) is 16.3 Å². The molecule has 1 aliphatic heterocycles. The largest absolute Gasteiger partial charge is 0.497 e. The molecule has 0 atom stereocenters. The first-order chi connectivity index (χ1) is 11.1. The standard InChI is InChI=1S/C16H17N3O3S/c1-10(20)17-16-18-13-7-8-19(9-14(13)23-16)15(21)11-3-5-12(22-2)6-4-11/h3-6H,7-9H2,1-2H3,(H,17,18,20). The van der Waals surface area contributed by atoms with E-state index in [1.165, 1.54) is 18.3 Å². The lowest BCUT2D eigenvalue weighted by Crippen LogP contribution is -2.35. The van der Waals surface area contributed by atoms with Crippen molar-refractivity contribution in [3.8, 4) is 5.75 Å². The van der Waals surface area contributed by atoms with Gasteiger partial charge in [-0.3, -0.25) is 9.59 Å². The van der Waals surface area contributed by atoms with Gasteiger partial charge in [-0.25, -0.2) is 4.98 Å². The van der Waals surface area contributed by atoms with Crippen LogP contribution >= 0.6 is 11.3 Å². The predicted octanol–water partition coefficient (Wildman–Crippen LogP) is 2.31. The number of carbonyl (C=O) groups excluding carboxylic acids is 2. The molecule has 0 aliphatic carbocycles. The zero-order chi connectivity index (χ0) is 16.4. The molecule has 2 aromatic rings. The Balaban J connectivity index is 1.74. The van der Waals surface area contributed by atoms with E-state index < -0.39 is 0 Å². The summed E-state index contributed by atoms with van der Waals surface area (Å²) < 4.78 is 5.11. The Kier molecular flexibility index (Phi) is 4.29. The van der Waals surface area contributed by atoms with Crippen molar-refractivity contribution in [3.63, 3.8) is 0 Å². The molecule has 3 rings (SSSR count).